The average molecular weight is 310 g/mol. The largest absolute Gasteiger partial charge is 0.480 e. The summed E-state index contributed by atoms with van der Waals surface area (Å²) in [6, 6.07) is 3.38. The summed E-state index contributed by atoms with van der Waals surface area (Å²) in [5, 5.41) is 12.9. The molecule has 0 aliphatic carbocycles. The van der Waals surface area contributed by atoms with E-state index in [9.17, 15) is 9.59 Å². The van der Waals surface area contributed by atoms with Crippen molar-refractivity contribution in [2.24, 2.45) is 0 Å². The first-order chi connectivity index (χ1) is 10.3. The fraction of sp³-hybridized carbons (Fsp3) is 0.571. The van der Waals surface area contributed by atoms with Crippen LogP contribution < -0.4 is 15.4 Å². The van der Waals surface area contributed by atoms with Crippen LogP contribution in [0.2, 0.25) is 0 Å². The second kappa shape index (κ2) is 8.16. The van der Waals surface area contributed by atoms with E-state index < -0.39 is 11.7 Å². The molecule has 0 aliphatic heterocycles. The average Bonchev–Trinajstić information content (AvgIpc) is 2.43. The Morgan fingerprint density at radius 2 is 1.91 bits per heavy atom. The van der Waals surface area contributed by atoms with Gasteiger partial charge in [-0.05, 0) is 26.8 Å². The van der Waals surface area contributed by atoms with Crippen molar-refractivity contribution in [2.45, 2.75) is 39.3 Å². The quantitative estimate of drug-likeness (QED) is 0.813. The number of ether oxygens (including phenoxy) is 2. The monoisotopic (exact) mass is 310 g/mol. The molecule has 2 amide bonds. The van der Waals surface area contributed by atoms with Crippen LogP contribution in [-0.4, -0.2) is 41.5 Å². The van der Waals surface area contributed by atoms with Crippen molar-refractivity contribution < 1.29 is 19.1 Å². The number of nitrogens with one attached hydrogen (secondary N) is 2. The number of aromatic nitrogens is 2. The molecule has 0 saturated heterocycles. The van der Waals surface area contributed by atoms with Gasteiger partial charge < -0.3 is 20.1 Å². The van der Waals surface area contributed by atoms with E-state index in [2.05, 4.69) is 20.8 Å². The number of carbonyl (C=O) groups excluding carboxylic acids is 2. The van der Waals surface area contributed by atoms with Gasteiger partial charge in [-0.3, -0.25) is 4.79 Å². The number of amides is 2. The van der Waals surface area contributed by atoms with Crippen LogP contribution in [-0.2, 0) is 16.1 Å². The molecule has 0 atom stereocenters. The maximum atomic E-state index is 11.6. The number of rotatable bonds is 6. The van der Waals surface area contributed by atoms with E-state index in [4.69, 9.17) is 9.47 Å². The minimum absolute atomic E-state index is 0.156. The number of methoxy groups -OCH3 is 1. The minimum Gasteiger partial charge on any atom is -0.480 e. The second-order valence-corrected chi connectivity index (χ2v) is 5.52. The van der Waals surface area contributed by atoms with Gasteiger partial charge in [-0.1, -0.05) is 0 Å². The van der Waals surface area contributed by atoms with Crippen LogP contribution in [0.25, 0.3) is 0 Å². The lowest BCUT2D eigenvalue weighted by atomic mass is 10.2. The van der Waals surface area contributed by atoms with Crippen LogP contribution in [0.3, 0.4) is 0 Å². The van der Waals surface area contributed by atoms with Crippen LogP contribution in [0.5, 0.6) is 5.88 Å². The zero-order chi connectivity index (χ0) is 16.6. The molecule has 0 aromatic carbocycles. The first kappa shape index (κ1) is 17.7. The molecule has 22 heavy (non-hydrogen) atoms. The summed E-state index contributed by atoms with van der Waals surface area (Å²) >= 11 is 0. The SMILES string of the molecule is COc1ccc(CNC(=O)CCNC(=O)OC(C)(C)C)nn1. The van der Waals surface area contributed by atoms with Gasteiger partial charge in [-0.25, -0.2) is 4.79 Å². The molecule has 0 saturated carbocycles. The van der Waals surface area contributed by atoms with Gasteiger partial charge in [0.2, 0.25) is 11.8 Å². The molecule has 1 heterocycles. The normalized spacial score (nSPS) is 10.7. The molecule has 1 aromatic rings. The van der Waals surface area contributed by atoms with E-state index in [0.717, 1.165) is 0 Å². The third-order valence-electron chi connectivity index (χ3n) is 2.39. The summed E-state index contributed by atoms with van der Waals surface area (Å²) in [4.78, 5) is 23.0. The standard InChI is InChI=1S/C14H22N4O4/c1-14(2,3)22-13(20)15-8-7-11(19)16-9-10-5-6-12(21-4)18-17-10/h5-6H,7-9H2,1-4H3,(H,15,20)(H,16,19). The second-order valence-electron chi connectivity index (χ2n) is 5.52. The van der Waals surface area contributed by atoms with Crippen molar-refractivity contribution in [1.82, 2.24) is 20.8 Å². The lowest BCUT2D eigenvalue weighted by molar-refractivity contribution is -0.121. The van der Waals surface area contributed by atoms with Crippen molar-refractivity contribution >= 4 is 12.0 Å². The maximum absolute atomic E-state index is 11.6. The van der Waals surface area contributed by atoms with Gasteiger partial charge in [0.25, 0.3) is 0 Å². The summed E-state index contributed by atoms with van der Waals surface area (Å²) < 4.78 is 9.95. The minimum atomic E-state index is -0.556. The zero-order valence-corrected chi connectivity index (χ0v) is 13.3. The molecule has 0 unspecified atom stereocenters. The highest BCUT2D eigenvalue weighted by molar-refractivity contribution is 5.76. The predicted molar refractivity (Wildman–Crippen MR) is 79.3 cm³/mol. The molecule has 8 nitrogen and oxygen atoms in total. The Kier molecular flexibility index (Phi) is 6.55. The number of carbonyl (C=O) groups is 2. The number of alkyl carbamates (subject to hydrolysis) is 1. The first-order valence-corrected chi connectivity index (χ1v) is 6.90. The molecule has 1 aromatic heterocycles. The Bertz CT molecular complexity index is 497. The predicted octanol–water partition coefficient (Wildman–Crippen LogP) is 1.02. The van der Waals surface area contributed by atoms with Crippen molar-refractivity contribution in [1.29, 1.82) is 0 Å². The summed E-state index contributed by atoms with van der Waals surface area (Å²) in [6.07, 6.45) is -0.385. The molecule has 122 valence electrons. The van der Waals surface area contributed by atoms with Gasteiger partial charge in [0, 0.05) is 19.0 Å². The van der Waals surface area contributed by atoms with Gasteiger partial charge in [0.1, 0.15) is 5.60 Å². The summed E-state index contributed by atoms with van der Waals surface area (Å²) in [5.74, 6) is 0.213. The van der Waals surface area contributed by atoms with Gasteiger partial charge >= 0.3 is 6.09 Å². The lowest BCUT2D eigenvalue weighted by Crippen LogP contribution is -2.35. The molecule has 8 heteroatoms. The van der Waals surface area contributed by atoms with Crippen molar-refractivity contribution in [2.75, 3.05) is 13.7 Å². The van der Waals surface area contributed by atoms with Crippen LogP contribution in [0.4, 0.5) is 4.79 Å². The zero-order valence-electron chi connectivity index (χ0n) is 13.3. The Morgan fingerprint density at radius 1 is 1.18 bits per heavy atom. The van der Waals surface area contributed by atoms with Gasteiger partial charge in [0.05, 0.1) is 19.3 Å². The fourth-order valence-corrected chi connectivity index (χ4v) is 1.42. The Balaban J connectivity index is 2.22. The molecule has 0 spiro atoms. The van der Waals surface area contributed by atoms with Gasteiger partial charge in [-0.2, -0.15) is 5.10 Å². The van der Waals surface area contributed by atoms with E-state index in [1.165, 1.54) is 7.11 Å². The third-order valence-corrected chi connectivity index (χ3v) is 2.39. The molecule has 0 fully saturated rings. The van der Waals surface area contributed by atoms with Crippen LogP contribution in [0, 0.1) is 0 Å². The molecule has 0 aliphatic rings. The van der Waals surface area contributed by atoms with E-state index >= 15 is 0 Å². The molecule has 2 N–H and O–H groups in total. The van der Waals surface area contributed by atoms with E-state index in [0.29, 0.717) is 11.6 Å². The number of hydrogen-bond donors (Lipinski definition) is 2. The summed E-state index contributed by atoms with van der Waals surface area (Å²) in [7, 11) is 1.50. The lowest BCUT2D eigenvalue weighted by Gasteiger charge is -2.19. The van der Waals surface area contributed by atoms with Gasteiger partial charge in [-0.15, -0.1) is 5.10 Å². The Morgan fingerprint density at radius 3 is 2.45 bits per heavy atom. The molecule has 1 rings (SSSR count). The molecule has 0 radical (unpaired) electrons. The van der Waals surface area contributed by atoms with Crippen LogP contribution >= 0.6 is 0 Å². The number of hydrogen-bond acceptors (Lipinski definition) is 6. The smallest absolute Gasteiger partial charge is 0.407 e. The van der Waals surface area contributed by atoms with Gasteiger partial charge in [0.15, 0.2) is 0 Å². The van der Waals surface area contributed by atoms with E-state index in [1.807, 2.05) is 0 Å². The van der Waals surface area contributed by atoms with Crippen molar-refractivity contribution in [3.8, 4) is 5.88 Å². The third kappa shape index (κ3) is 7.41. The molecular weight excluding hydrogens is 288 g/mol. The first-order valence-electron chi connectivity index (χ1n) is 6.90. The molecule has 0 bridgehead atoms. The topological polar surface area (TPSA) is 102 Å². The molecular formula is C14H22N4O4. The number of nitrogens with zero attached hydrogens (tertiary/aromatic N) is 2. The highest BCUT2D eigenvalue weighted by Gasteiger charge is 2.15. The van der Waals surface area contributed by atoms with E-state index in [1.54, 1.807) is 32.9 Å². The summed E-state index contributed by atoms with van der Waals surface area (Å²) in [5.41, 5.74) is 0.0635. The van der Waals surface area contributed by atoms with Crippen LogP contribution in [0.15, 0.2) is 12.1 Å². The fourth-order valence-electron chi connectivity index (χ4n) is 1.42. The highest BCUT2D eigenvalue weighted by atomic mass is 16.6. The van der Waals surface area contributed by atoms with Crippen molar-refractivity contribution in [3.63, 3.8) is 0 Å². The Hall–Kier alpha value is -2.38. The van der Waals surface area contributed by atoms with Crippen molar-refractivity contribution in [3.05, 3.63) is 17.8 Å². The highest BCUT2D eigenvalue weighted by Crippen LogP contribution is 2.06. The Labute approximate surface area is 129 Å². The van der Waals surface area contributed by atoms with Crippen LogP contribution in [0.1, 0.15) is 32.9 Å². The summed E-state index contributed by atoms with van der Waals surface area (Å²) in [6.45, 7) is 5.79. The maximum Gasteiger partial charge on any atom is 0.407 e. The van der Waals surface area contributed by atoms with E-state index in [-0.39, 0.29) is 25.4 Å².